The SMILES string of the molecule is Cc1ccc(N([C@H](C)C(=O)NCCSCc2c(Cl)cccc2Cl)S(C)(=O)=O)cc1C. The number of carbonyl (C=O) groups excluding carboxylic acids is 1. The van der Waals surface area contributed by atoms with Crippen LogP contribution in [0.5, 0.6) is 0 Å². The van der Waals surface area contributed by atoms with E-state index in [4.69, 9.17) is 23.2 Å². The van der Waals surface area contributed by atoms with Crippen molar-refractivity contribution in [2.45, 2.75) is 32.6 Å². The molecule has 30 heavy (non-hydrogen) atoms. The van der Waals surface area contributed by atoms with E-state index in [1.165, 1.54) is 0 Å². The Morgan fingerprint density at radius 3 is 2.33 bits per heavy atom. The van der Waals surface area contributed by atoms with E-state index in [0.29, 0.717) is 33.8 Å². The highest BCUT2D eigenvalue weighted by Crippen LogP contribution is 2.28. The Bertz CT molecular complexity index is 993. The molecule has 1 N–H and O–H groups in total. The third-order valence-electron chi connectivity index (χ3n) is 4.69. The number of thioether (sulfide) groups is 1. The first kappa shape index (κ1) is 24.9. The summed E-state index contributed by atoms with van der Waals surface area (Å²) < 4.78 is 25.9. The lowest BCUT2D eigenvalue weighted by Crippen LogP contribution is -2.48. The highest BCUT2D eigenvalue weighted by Gasteiger charge is 2.29. The molecule has 0 heterocycles. The average Bonchev–Trinajstić information content (AvgIpc) is 2.65. The highest BCUT2D eigenvalue weighted by molar-refractivity contribution is 7.98. The maximum atomic E-state index is 12.6. The van der Waals surface area contributed by atoms with Crippen molar-refractivity contribution >= 4 is 56.6 Å². The van der Waals surface area contributed by atoms with Crippen LogP contribution in [-0.4, -0.2) is 38.9 Å². The lowest BCUT2D eigenvalue weighted by Gasteiger charge is -2.28. The van der Waals surface area contributed by atoms with Gasteiger partial charge in [0.25, 0.3) is 0 Å². The number of carbonyl (C=O) groups is 1. The van der Waals surface area contributed by atoms with Crippen molar-refractivity contribution in [3.8, 4) is 0 Å². The first-order valence-corrected chi connectivity index (χ1v) is 13.1. The maximum Gasteiger partial charge on any atom is 0.243 e. The summed E-state index contributed by atoms with van der Waals surface area (Å²) in [6.07, 6.45) is 1.11. The van der Waals surface area contributed by atoms with Gasteiger partial charge in [-0.15, -0.1) is 0 Å². The molecule has 0 fully saturated rings. The molecule has 0 radical (unpaired) electrons. The van der Waals surface area contributed by atoms with Gasteiger partial charge < -0.3 is 5.32 Å². The fraction of sp³-hybridized carbons (Fsp3) is 0.381. The van der Waals surface area contributed by atoms with Gasteiger partial charge in [-0.05, 0) is 61.7 Å². The van der Waals surface area contributed by atoms with Crippen molar-refractivity contribution < 1.29 is 13.2 Å². The standard InChI is InChI=1S/C21H26Cl2N2O3S2/c1-14-8-9-17(12-15(14)2)25(30(4,27)28)16(3)21(26)24-10-11-29-13-18-19(22)6-5-7-20(18)23/h5-9,12,16H,10-11,13H2,1-4H3,(H,24,26)/t16-/m1/s1. The van der Waals surface area contributed by atoms with E-state index in [1.807, 2.05) is 19.9 Å². The molecule has 2 aromatic rings. The summed E-state index contributed by atoms with van der Waals surface area (Å²) in [6.45, 7) is 5.85. The normalized spacial score (nSPS) is 12.5. The van der Waals surface area contributed by atoms with Crippen LogP contribution < -0.4 is 9.62 Å². The predicted molar refractivity (Wildman–Crippen MR) is 128 cm³/mol. The van der Waals surface area contributed by atoms with E-state index in [2.05, 4.69) is 5.32 Å². The summed E-state index contributed by atoms with van der Waals surface area (Å²) in [6, 6.07) is 9.86. The average molecular weight is 489 g/mol. The minimum absolute atomic E-state index is 0.352. The first-order valence-electron chi connectivity index (χ1n) is 9.37. The molecule has 2 aromatic carbocycles. The molecule has 1 atom stereocenters. The van der Waals surface area contributed by atoms with Gasteiger partial charge in [0.15, 0.2) is 0 Å². The number of rotatable bonds is 9. The highest BCUT2D eigenvalue weighted by atomic mass is 35.5. The Kier molecular flexibility index (Phi) is 8.91. The van der Waals surface area contributed by atoms with Gasteiger partial charge in [0, 0.05) is 28.1 Å². The summed E-state index contributed by atoms with van der Waals surface area (Å²) in [5.74, 6) is 0.917. The Balaban J connectivity index is 1.96. The molecule has 0 aliphatic rings. The summed E-state index contributed by atoms with van der Waals surface area (Å²) in [5.41, 5.74) is 3.36. The fourth-order valence-electron chi connectivity index (χ4n) is 2.91. The van der Waals surface area contributed by atoms with Crippen molar-refractivity contribution in [1.29, 1.82) is 0 Å². The third kappa shape index (κ3) is 6.54. The summed E-state index contributed by atoms with van der Waals surface area (Å²) in [4.78, 5) is 12.6. The molecule has 1 amide bonds. The molecule has 5 nitrogen and oxygen atoms in total. The lowest BCUT2D eigenvalue weighted by molar-refractivity contribution is -0.121. The molecule has 0 spiro atoms. The first-order chi connectivity index (χ1) is 14.0. The van der Waals surface area contributed by atoms with Gasteiger partial charge in [-0.1, -0.05) is 35.3 Å². The topological polar surface area (TPSA) is 66.5 Å². The van der Waals surface area contributed by atoms with Crippen LogP contribution in [-0.2, 0) is 20.6 Å². The monoisotopic (exact) mass is 488 g/mol. The van der Waals surface area contributed by atoms with Crippen molar-refractivity contribution in [3.05, 3.63) is 63.1 Å². The van der Waals surface area contributed by atoms with E-state index in [-0.39, 0.29) is 5.91 Å². The molecule has 0 saturated carbocycles. The van der Waals surface area contributed by atoms with E-state index >= 15 is 0 Å². The van der Waals surface area contributed by atoms with E-state index in [1.54, 1.807) is 49.0 Å². The summed E-state index contributed by atoms with van der Waals surface area (Å²) in [5, 5.41) is 4.05. The molecule has 164 valence electrons. The summed E-state index contributed by atoms with van der Waals surface area (Å²) >= 11 is 13.9. The lowest BCUT2D eigenvalue weighted by atomic mass is 10.1. The van der Waals surface area contributed by atoms with Crippen LogP contribution in [0.1, 0.15) is 23.6 Å². The molecule has 2 rings (SSSR count). The number of aryl methyl sites for hydroxylation is 2. The minimum atomic E-state index is -3.63. The van der Waals surface area contributed by atoms with Crippen LogP contribution in [0.3, 0.4) is 0 Å². The van der Waals surface area contributed by atoms with Crippen LogP contribution in [0.15, 0.2) is 36.4 Å². The molecular weight excluding hydrogens is 463 g/mol. The van der Waals surface area contributed by atoms with Gasteiger partial charge in [-0.3, -0.25) is 9.10 Å². The fourth-order valence-corrected chi connectivity index (χ4v) is 5.67. The van der Waals surface area contributed by atoms with Crippen LogP contribution in [0.2, 0.25) is 10.0 Å². The van der Waals surface area contributed by atoms with Gasteiger partial charge >= 0.3 is 0 Å². The Hall–Kier alpha value is -1.41. The number of amides is 1. The van der Waals surface area contributed by atoms with Crippen molar-refractivity contribution in [3.63, 3.8) is 0 Å². The molecule has 0 aliphatic carbocycles. The van der Waals surface area contributed by atoms with Crippen LogP contribution >= 0.6 is 35.0 Å². The predicted octanol–water partition coefficient (Wildman–Crippen LogP) is 4.81. The number of nitrogens with one attached hydrogen (secondary N) is 1. The number of halogens is 2. The quantitative estimate of drug-likeness (QED) is 0.514. The van der Waals surface area contributed by atoms with Gasteiger partial charge in [0.1, 0.15) is 6.04 Å². The molecular formula is C21H26Cl2N2O3S2. The molecule has 0 aliphatic heterocycles. The van der Waals surface area contributed by atoms with E-state index in [0.717, 1.165) is 27.3 Å². The van der Waals surface area contributed by atoms with E-state index in [9.17, 15) is 13.2 Å². The van der Waals surface area contributed by atoms with Gasteiger partial charge in [0.05, 0.1) is 11.9 Å². The van der Waals surface area contributed by atoms with Crippen molar-refractivity contribution in [2.75, 3.05) is 22.9 Å². The molecule has 0 saturated heterocycles. The number of sulfonamides is 1. The number of nitrogens with zero attached hydrogens (tertiary/aromatic N) is 1. The van der Waals surface area contributed by atoms with Gasteiger partial charge in [0.2, 0.25) is 15.9 Å². The largest absolute Gasteiger partial charge is 0.353 e. The number of benzene rings is 2. The number of hydrogen-bond donors (Lipinski definition) is 1. The third-order valence-corrected chi connectivity index (χ3v) is 7.62. The van der Waals surface area contributed by atoms with Gasteiger partial charge in [-0.2, -0.15) is 11.8 Å². The molecule has 9 heteroatoms. The maximum absolute atomic E-state index is 12.6. The molecule has 0 unspecified atom stereocenters. The Morgan fingerprint density at radius 2 is 1.77 bits per heavy atom. The van der Waals surface area contributed by atoms with Crippen molar-refractivity contribution in [2.24, 2.45) is 0 Å². The zero-order valence-corrected chi connectivity index (χ0v) is 20.6. The Morgan fingerprint density at radius 1 is 1.13 bits per heavy atom. The van der Waals surface area contributed by atoms with Gasteiger partial charge in [-0.25, -0.2) is 8.42 Å². The minimum Gasteiger partial charge on any atom is -0.353 e. The molecule has 0 bridgehead atoms. The van der Waals surface area contributed by atoms with E-state index < -0.39 is 16.1 Å². The molecule has 0 aromatic heterocycles. The zero-order valence-electron chi connectivity index (χ0n) is 17.4. The van der Waals surface area contributed by atoms with Crippen LogP contribution in [0.4, 0.5) is 5.69 Å². The van der Waals surface area contributed by atoms with Crippen LogP contribution in [0, 0.1) is 13.8 Å². The number of hydrogen-bond acceptors (Lipinski definition) is 4. The number of anilines is 1. The second kappa shape index (κ2) is 10.8. The van der Waals surface area contributed by atoms with Crippen molar-refractivity contribution in [1.82, 2.24) is 5.32 Å². The van der Waals surface area contributed by atoms with Crippen LogP contribution in [0.25, 0.3) is 0 Å². The second-order valence-electron chi connectivity index (χ2n) is 7.05. The zero-order chi connectivity index (χ0) is 22.5. The Labute approximate surface area is 193 Å². The second-order valence-corrected chi connectivity index (χ2v) is 10.8. The summed E-state index contributed by atoms with van der Waals surface area (Å²) in [7, 11) is -3.63. The smallest absolute Gasteiger partial charge is 0.243 e.